The van der Waals surface area contributed by atoms with Crippen molar-refractivity contribution < 1.29 is 26.3 Å². The van der Waals surface area contributed by atoms with Crippen molar-refractivity contribution in [2.45, 2.75) is 12.4 Å². The Morgan fingerprint density at radius 3 is 1.50 bits per heavy atom. The highest BCUT2D eigenvalue weighted by molar-refractivity contribution is 5.79. The molecule has 4 N–H and O–H groups in total. The maximum atomic E-state index is 12.4. The van der Waals surface area contributed by atoms with Gasteiger partial charge in [-0.1, -0.05) is 0 Å². The van der Waals surface area contributed by atoms with Crippen LogP contribution in [-0.4, -0.2) is 5.96 Å². The molecule has 18 heavy (non-hydrogen) atoms. The van der Waals surface area contributed by atoms with Crippen LogP contribution in [0.1, 0.15) is 11.1 Å². The number of hydrogen-bond acceptors (Lipinski definition) is 1. The Labute approximate surface area is 97.1 Å². The van der Waals surface area contributed by atoms with Crippen molar-refractivity contribution in [1.29, 1.82) is 0 Å². The maximum Gasteiger partial charge on any atom is 0.416 e. The number of rotatable bonds is 1. The van der Waals surface area contributed by atoms with E-state index in [4.69, 9.17) is 11.5 Å². The minimum Gasteiger partial charge on any atom is -0.370 e. The third-order valence-corrected chi connectivity index (χ3v) is 1.83. The van der Waals surface area contributed by atoms with Gasteiger partial charge in [0.15, 0.2) is 5.96 Å². The molecule has 0 unspecified atom stereocenters. The Morgan fingerprint density at radius 1 is 0.833 bits per heavy atom. The van der Waals surface area contributed by atoms with Crippen LogP contribution in [0.3, 0.4) is 0 Å². The average Bonchev–Trinajstić information content (AvgIpc) is 2.13. The van der Waals surface area contributed by atoms with Crippen molar-refractivity contribution >= 4 is 11.6 Å². The first-order valence-corrected chi connectivity index (χ1v) is 4.39. The molecule has 1 aromatic rings. The molecule has 0 fully saturated rings. The molecule has 0 bridgehead atoms. The molecule has 0 aliphatic heterocycles. The Kier molecular flexibility index (Phi) is 3.45. The summed E-state index contributed by atoms with van der Waals surface area (Å²) in [6.45, 7) is 0. The summed E-state index contributed by atoms with van der Waals surface area (Å²) < 4.78 is 74.4. The summed E-state index contributed by atoms with van der Waals surface area (Å²) in [5, 5.41) is 0. The second-order valence-electron chi connectivity index (χ2n) is 3.30. The van der Waals surface area contributed by atoms with Crippen molar-refractivity contribution in [1.82, 2.24) is 0 Å². The highest BCUT2D eigenvalue weighted by atomic mass is 19.4. The lowest BCUT2D eigenvalue weighted by molar-refractivity contribution is -0.143. The Bertz CT molecular complexity index is 438. The molecule has 9 heteroatoms. The molecule has 0 amide bonds. The molecule has 100 valence electrons. The van der Waals surface area contributed by atoms with Crippen LogP contribution in [0.4, 0.5) is 32.0 Å². The Balaban J connectivity index is 3.44. The van der Waals surface area contributed by atoms with E-state index in [0.29, 0.717) is 12.1 Å². The van der Waals surface area contributed by atoms with Crippen molar-refractivity contribution in [3.05, 3.63) is 29.3 Å². The third kappa shape index (κ3) is 3.54. The smallest absolute Gasteiger partial charge is 0.370 e. The summed E-state index contributed by atoms with van der Waals surface area (Å²) in [6, 6.07) is 0.843. The van der Waals surface area contributed by atoms with E-state index in [1.165, 1.54) is 0 Å². The largest absolute Gasteiger partial charge is 0.416 e. The van der Waals surface area contributed by atoms with Crippen molar-refractivity contribution in [2.24, 2.45) is 16.5 Å². The number of halogens is 6. The predicted molar refractivity (Wildman–Crippen MR) is 51.9 cm³/mol. The molecular formula is C9H7F6N3. The summed E-state index contributed by atoms with van der Waals surface area (Å²) in [7, 11) is 0. The van der Waals surface area contributed by atoms with Crippen molar-refractivity contribution in [3.63, 3.8) is 0 Å². The Morgan fingerprint density at radius 2 is 1.22 bits per heavy atom. The van der Waals surface area contributed by atoms with Crippen LogP contribution in [0.15, 0.2) is 23.2 Å². The predicted octanol–water partition coefficient (Wildman–Crippen LogP) is 2.63. The molecule has 0 heterocycles. The molecule has 0 spiro atoms. The van der Waals surface area contributed by atoms with Crippen LogP contribution in [0, 0.1) is 0 Å². The van der Waals surface area contributed by atoms with Crippen molar-refractivity contribution in [2.75, 3.05) is 0 Å². The number of nitrogens with zero attached hydrogens (tertiary/aromatic N) is 1. The Hall–Kier alpha value is -1.93. The standard InChI is InChI=1S/C9H7F6N3/c10-8(11,12)4-1-5(9(13,14)15)3-6(2-4)18-7(16)17/h1-3H,(H4,16,17,18). The molecule has 0 saturated heterocycles. The van der Waals surface area contributed by atoms with Crippen LogP contribution in [0.2, 0.25) is 0 Å². The first kappa shape index (κ1) is 14.1. The number of benzene rings is 1. The van der Waals surface area contributed by atoms with Crippen LogP contribution < -0.4 is 11.5 Å². The van der Waals surface area contributed by atoms with Gasteiger partial charge in [0.25, 0.3) is 0 Å². The lowest BCUT2D eigenvalue weighted by atomic mass is 10.1. The van der Waals surface area contributed by atoms with Gasteiger partial charge in [0, 0.05) is 0 Å². The van der Waals surface area contributed by atoms with Gasteiger partial charge < -0.3 is 11.5 Å². The minimum absolute atomic E-state index is 0.00821. The van der Waals surface area contributed by atoms with Crippen molar-refractivity contribution in [3.8, 4) is 0 Å². The van der Waals surface area contributed by atoms with E-state index < -0.39 is 35.1 Å². The fourth-order valence-corrected chi connectivity index (χ4v) is 1.15. The van der Waals surface area contributed by atoms with E-state index in [1.807, 2.05) is 0 Å². The van der Waals surface area contributed by atoms with Gasteiger partial charge in [-0.05, 0) is 18.2 Å². The fraction of sp³-hybridized carbons (Fsp3) is 0.222. The number of alkyl halides is 6. The maximum absolute atomic E-state index is 12.4. The summed E-state index contributed by atoms with van der Waals surface area (Å²) in [5.74, 6) is -0.637. The van der Waals surface area contributed by atoms with Crippen LogP contribution in [-0.2, 0) is 12.4 Å². The van der Waals surface area contributed by atoms with Crippen LogP contribution in [0.5, 0.6) is 0 Å². The van der Waals surface area contributed by atoms with Gasteiger partial charge in [-0.25, -0.2) is 4.99 Å². The molecule has 3 nitrogen and oxygen atoms in total. The zero-order valence-corrected chi connectivity index (χ0v) is 8.60. The molecule has 0 aliphatic carbocycles. The third-order valence-electron chi connectivity index (χ3n) is 1.83. The highest BCUT2D eigenvalue weighted by Gasteiger charge is 2.36. The lowest BCUT2D eigenvalue weighted by Crippen LogP contribution is -2.22. The molecule has 0 radical (unpaired) electrons. The zero-order valence-electron chi connectivity index (χ0n) is 8.60. The molecule has 0 atom stereocenters. The first-order chi connectivity index (χ1) is 8.00. The normalized spacial score (nSPS) is 12.3. The van der Waals surface area contributed by atoms with Gasteiger partial charge in [-0.2, -0.15) is 26.3 Å². The fourth-order valence-electron chi connectivity index (χ4n) is 1.15. The van der Waals surface area contributed by atoms with Crippen LogP contribution >= 0.6 is 0 Å². The second kappa shape index (κ2) is 4.39. The highest BCUT2D eigenvalue weighted by Crippen LogP contribution is 2.38. The molecule has 0 saturated carbocycles. The number of hydrogen-bond donors (Lipinski definition) is 2. The summed E-state index contributed by atoms with van der Waals surface area (Å²) in [5.41, 5.74) is 6.25. The topological polar surface area (TPSA) is 64.4 Å². The molecular weight excluding hydrogens is 264 g/mol. The quantitative estimate of drug-likeness (QED) is 0.468. The van der Waals surface area contributed by atoms with Gasteiger partial charge >= 0.3 is 12.4 Å². The van der Waals surface area contributed by atoms with Gasteiger partial charge in [0.1, 0.15) is 0 Å². The second-order valence-corrected chi connectivity index (χ2v) is 3.30. The van der Waals surface area contributed by atoms with Gasteiger partial charge in [0.05, 0.1) is 16.8 Å². The van der Waals surface area contributed by atoms with E-state index >= 15 is 0 Å². The molecule has 1 rings (SSSR count). The average molecular weight is 271 g/mol. The monoisotopic (exact) mass is 271 g/mol. The number of aliphatic imine (C=N–C) groups is 1. The molecule has 0 aliphatic rings. The molecule has 0 aromatic heterocycles. The van der Waals surface area contributed by atoms with Gasteiger partial charge in [-0.15, -0.1) is 0 Å². The first-order valence-electron chi connectivity index (χ1n) is 4.39. The summed E-state index contributed by atoms with van der Waals surface area (Å²) in [4.78, 5) is 3.18. The molecule has 1 aromatic carbocycles. The zero-order chi connectivity index (χ0) is 14.1. The lowest BCUT2D eigenvalue weighted by Gasteiger charge is -2.12. The van der Waals surface area contributed by atoms with E-state index in [9.17, 15) is 26.3 Å². The summed E-state index contributed by atoms with van der Waals surface area (Å²) >= 11 is 0. The van der Waals surface area contributed by atoms with E-state index in [2.05, 4.69) is 4.99 Å². The number of nitrogens with two attached hydrogens (primary N) is 2. The SMILES string of the molecule is NC(N)=Nc1cc(C(F)(F)F)cc(C(F)(F)F)c1. The summed E-state index contributed by atoms with van der Waals surface area (Å²) in [6.07, 6.45) is -9.84. The van der Waals surface area contributed by atoms with Gasteiger partial charge in [0.2, 0.25) is 0 Å². The number of guanidine groups is 1. The minimum atomic E-state index is -4.92. The van der Waals surface area contributed by atoms with E-state index in [-0.39, 0.29) is 6.07 Å². The van der Waals surface area contributed by atoms with Crippen LogP contribution in [0.25, 0.3) is 0 Å². The van der Waals surface area contributed by atoms with Gasteiger partial charge in [-0.3, -0.25) is 0 Å². The van der Waals surface area contributed by atoms with E-state index in [1.54, 1.807) is 0 Å². The van der Waals surface area contributed by atoms with E-state index in [0.717, 1.165) is 0 Å².